The second kappa shape index (κ2) is 5.71. The summed E-state index contributed by atoms with van der Waals surface area (Å²) in [5, 5.41) is 7.90. The molecule has 0 radical (unpaired) electrons. The van der Waals surface area contributed by atoms with Crippen molar-refractivity contribution in [3.8, 4) is 5.97 Å². The van der Waals surface area contributed by atoms with E-state index in [1.165, 1.54) is 0 Å². The molecule has 0 fully saturated rings. The fourth-order valence-corrected chi connectivity index (χ4v) is 1.00. The molecule has 0 aromatic heterocycles. The van der Waals surface area contributed by atoms with Gasteiger partial charge in [0.2, 0.25) is 0 Å². The van der Waals surface area contributed by atoms with Crippen LogP contribution in [0.1, 0.15) is 0 Å². The van der Waals surface area contributed by atoms with Crippen LogP contribution in [0.25, 0.3) is 0 Å². The van der Waals surface area contributed by atoms with Crippen LogP contribution in [0.5, 0.6) is 0 Å². The van der Waals surface area contributed by atoms with Crippen molar-refractivity contribution in [3.63, 3.8) is 0 Å². The largest absolute Gasteiger partial charge is 1.00 e. The van der Waals surface area contributed by atoms with Crippen LogP contribution < -0.4 is 56.8 Å². The van der Waals surface area contributed by atoms with Gasteiger partial charge in [-0.25, -0.2) is 27.2 Å². The van der Waals surface area contributed by atoms with Gasteiger partial charge in [0.15, 0.2) is 17.5 Å². The van der Waals surface area contributed by atoms with E-state index in [1.54, 1.807) is 0 Å². The molecule has 0 unspecified atom stereocenters. The van der Waals surface area contributed by atoms with E-state index >= 15 is 0 Å². The Morgan fingerprint density at radius 1 is 0.765 bits per heavy atom. The first-order valence-corrected chi connectivity index (χ1v) is 3.68. The number of halogens is 7. The summed E-state index contributed by atoms with van der Waals surface area (Å²) in [6.07, 6.45) is 0. The van der Waals surface area contributed by atoms with Gasteiger partial charge in [0.05, 0.1) is 0 Å². The molecular weight excluding hydrogens is 281 g/mol. The Balaban J connectivity index is 0.00000256. The summed E-state index contributed by atoms with van der Waals surface area (Å²) in [5.41, 5.74) is -2.39. The Labute approximate surface area is 133 Å². The Morgan fingerprint density at radius 3 is 1.35 bits per heavy atom. The summed E-state index contributed by atoms with van der Waals surface area (Å²) in [6.45, 7) is -5.48. The third-order valence-electron chi connectivity index (χ3n) is 1.77. The van der Waals surface area contributed by atoms with Crippen molar-refractivity contribution >= 4 is 12.2 Å². The molecule has 0 heterocycles. The first-order valence-electron chi connectivity index (χ1n) is 3.68. The monoisotopic (exact) mass is 281 g/mol. The van der Waals surface area contributed by atoms with Crippen molar-refractivity contribution in [2.45, 2.75) is 0 Å². The van der Waals surface area contributed by atoms with Gasteiger partial charge in [-0.15, -0.1) is 0 Å². The van der Waals surface area contributed by atoms with Crippen LogP contribution in [0.4, 0.5) is 30.6 Å². The van der Waals surface area contributed by atoms with Gasteiger partial charge in [-0.2, -0.15) is 0 Å². The van der Waals surface area contributed by atoms with Crippen molar-refractivity contribution in [2.24, 2.45) is 0 Å². The third-order valence-corrected chi connectivity index (χ3v) is 1.77. The standard InChI is InChI=1S/C7BF7N.K/c9-3-2(8(14,15)1-16)4(10)6(12)7(13)5(3)11;/q-1;+1. The summed E-state index contributed by atoms with van der Waals surface area (Å²) in [4.78, 5) is 0. The van der Waals surface area contributed by atoms with Crippen molar-refractivity contribution < 1.29 is 82.0 Å². The van der Waals surface area contributed by atoms with Crippen LogP contribution in [-0.2, 0) is 0 Å². The molecule has 0 atom stereocenters. The van der Waals surface area contributed by atoms with Gasteiger partial charge in [0.1, 0.15) is 11.6 Å². The van der Waals surface area contributed by atoms with Crippen LogP contribution in [0.2, 0.25) is 0 Å². The number of hydrogen-bond donors (Lipinski definition) is 0. The molecular formula is C7BF7KN. The molecule has 0 saturated carbocycles. The minimum Gasteiger partial charge on any atom is -0.461 e. The van der Waals surface area contributed by atoms with Crippen molar-refractivity contribution in [2.75, 3.05) is 0 Å². The predicted octanol–water partition coefficient (Wildman–Crippen LogP) is -0.963. The molecule has 0 amide bonds. The zero-order chi connectivity index (χ0) is 12.7. The van der Waals surface area contributed by atoms with Gasteiger partial charge < -0.3 is 8.63 Å². The van der Waals surface area contributed by atoms with E-state index in [4.69, 9.17) is 5.26 Å². The maximum Gasteiger partial charge on any atom is 1.00 e. The molecule has 1 rings (SSSR count). The summed E-state index contributed by atoms with van der Waals surface area (Å²) in [7, 11) is 0. The molecule has 0 aliphatic heterocycles. The Bertz CT molecular complexity index is 469. The van der Waals surface area contributed by atoms with E-state index in [-0.39, 0.29) is 57.4 Å². The van der Waals surface area contributed by atoms with Gasteiger partial charge in [0.25, 0.3) is 0 Å². The summed E-state index contributed by atoms with van der Waals surface area (Å²) in [5.74, 6) is -12.7. The van der Waals surface area contributed by atoms with E-state index in [0.717, 1.165) is 0 Å². The Morgan fingerprint density at radius 2 is 1.06 bits per heavy atom. The maximum absolute atomic E-state index is 12.7. The number of nitriles is 1. The van der Waals surface area contributed by atoms with Gasteiger partial charge in [-0.05, 0) is 0 Å². The van der Waals surface area contributed by atoms with Gasteiger partial charge >= 0.3 is 58.1 Å². The minimum atomic E-state index is -5.48. The van der Waals surface area contributed by atoms with Crippen LogP contribution in [0, 0.1) is 40.3 Å². The molecule has 0 saturated heterocycles. The van der Waals surface area contributed by atoms with Gasteiger partial charge in [0, 0.05) is 0 Å². The minimum absolute atomic E-state index is 0. The van der Waals surface area contributed by atoms with Gasteiger partial charge in [-0.3, -0.25) is 0 Å². The van der Waals surface area contributed by atoms with E-state index in [9.17, 15) is 30.6 Å². The molecule has 1 aromatic rings. The Hall–Kier alpha value is -0.0787. The first kappa shape index (κ1) is 16.9. The molecule has 0 bridgehead atoms. The van der Waals surface area contributed by atoms with Crippen LogP contribution >= 0.6 is 0 Å². The zero-order valence-corrected chi connectivity index (χ0v) is 11.3. The molecule has 1 nitrogen and oxygen atoms in total. The first-order chi connectivity index (χ1) is 7.24. The predicted molar refractivity (Wildman–Crippen MR) is 39.4 cm³/mol. The summed E-state index contributed by atoms with van der Waals surface area (Å²) < 4.78 is 88.2. The van der Waals surface area contributed by atoms with E-state index in [1.807, 2.05) is 0 Å². The average molecular weight is 281 g/mol. The molecule has 17 heavy (non-hydrogen) atoms. The number of nitrogens with zero attached hydrogens (tertiary/aromatic N) is 1. The van der Waals surface area contributed by atoms with E-state index < -0.39 is 41.2 Å². The van der Waals surface area contributed by atoms with Gasteiger partial charge in [-0.1, -0.05) is 11.4 Å². The van der Waals surface area contributed by atoms with Crippen molar-refractivity contribution in [1.29, 1.82) is 5.26 Å². The fourth-order valence-electron chi connectivity index (χ4n) is 1.00. The molecule has 0 aliphatic rings. The number of hydrogen-bond acceptors (Lipinski definition) is 1. The van der Waals surface area contributed by atoms with E-state index in [2.05, 4.69) is 0 Å². The Kier molecular flexibility index (Phi) is 5.68. The topological polar surface area (TPSA) is 23.8 Å². The number of benzene rings is 1. The smallest absolute Gasteiger partial charge is 0.461 e. The number of rotatable bonds is 1. The van der Waals surface area contributed by atoms with E-state index in [0.29, 0.717) is 0 Å². The van der Waals surface area contributed by atoms with Crippen molar-refractivity contribution in [3.05, 3.63) is 29.1 Å². The fraction of sp³-hybridized carbons (Fsp3) is 0. The van der Waals surface area contributed by atoms with Crippen LogP contribution in [0.3, 0.4) is 0 Å². The molecule has 0 aliphatic carbocycles. The molecule has 0 spiro atoms. The summed E-state index contributed by atoms with van der Waals surface area (Å²) in [6, 6.07) is 0. The summed E-state index contributed by atoms with van der Waals surface area (Å²) >= 11 is 0. The average Bonchev–Trinajstić information content (AvgIpc) is 2.23. The molecule has 10 heteroatoms. The van der Waals surface area contributed by atoms with Crippen LogP contribution in [-0.4, -0.2) is 6.70 Å². The zero-order valence-electron chi connectivity index (χ0n) is 8.17. The second-order valence-electron chi connectivity index (χ2n) is 2.78. The second-order valence-corrected chi connectivity index (χ2v) is 2.78. The maximum atomic E-state index is 12.7. The quantitative estimate of drug-likeness (QED) is 0.281. The normalized spacial score (nSPS) is 10.7. The molecule has 0 N–H and O–H groups in total. The molecule has 1 aromatic carbocycles. The van der Waals surface area contributed by atoms with Crippen LogP contribution in [0.15, 0.2) is 0 Å². The SMILES string of the molecule is N#C[B-](F)(F)c1c(F)c(F)c(F)c(F)c1F.[K+]. The molecule has 86 valence electrons. The third kappa shape index (κ3) is 2.85. The van der Waals surface area contributed by atoms with Crippen molar-refractivity contribution in [1.82, 2.24) is 0 Å².